The first-order chi connectivity index (χ1) is 15.4. The van der Waals surface area contributed by atoms with Gasteiger partial charge in [0.05, 0.1) is 6.61 Å². The van der Waals surface area contributed by atoms with Crippen molar-refractivity contribution >= 4 is 42.6 Å². The van der Waals surface area contributed by atoms with Crippen LogP contribution in [-0.4, -0.2) is 58.6 Å². The molecular weight excluding hydrogens is 474 g/mol. The average molecular weight is 499 g/mol. The summed E-state index contributed by atoms with van der Waals surface area (Å²) in [6.07, 6.45) is 0.171. The Morgan fingerprint density at radius 1 is 1.16 bits per heavy atom. The summed E-state index contributed by atoms with van der Waals surface area (Å²) in [6, 6.07) is 13.1. The molecule has 1 aliphatic heterocycles. The highest BCUT2D eigenvalue weighted by atomic mass is 35.5. The summed E-state index contributed by atoms with van der Waals surface area (Å²) in [5.41, 5.74) is 5.27. The number of nitrogens with one attached hydrogen (secondary N) is 2. The van der Waals surface area contributed by atoms with Crippen LogP contribution in [0.5, 0.6) is 0 Å². The Balaban J connectivity index is 1.43. The molecule has 2 unspecified atom stereocenters. The standard InChI is InChI=1S/C21H25Cl2N4O4P/c22-8-10-26(11-9-23)32(30)25-20(7-12-31-32)27(29)21(28)24-17-5-6-19-16(14-17)13-15-3-1-2-4-18(15)19/h1-6,14,20,29H,7-13H2,(H,24,28)(H,25,30). The van der Waals surface area contributed by atoms with E-state index in [-0.39, 0.29) is 24.8 Å². The third kappa shape index (κ3) is 4.82. The fraction of sp³-hybridized carbons (Fsp3) is 0.381. The van der Waals surface area contributed by atoms with Gasteiger partial charge >= 0.3 is 13.7 Å². The van der Waals surface area contributed by atoms with Gasteiger partial charge in [-0.05, 0) is 40.8 Å². The van der Waals surface area contributed by atoms with Gasteiger partial charge in [-0.2, -0.15) is 5.06 Å². The zero-order valence-electron chi connectivity index (χ0n) is 17.3. The first-order valence-corrected chi connectivity index (χ1v) is 13.0. The van der Waals surface area contributed by atoms with Crippen molar-refractivity contribution in [2.75, 3.05) is 36.8 Å². The Morgan fingerprint density at radius 3 is 2.62 bits per heavy atom. The molecule has 0 radical (unpaired) electrons. The summed E-state index contributed by atoms with van der Waals surface area (Å²) in [7, 11) is -3.50. The lowest BCUT2D eigenvalue weighted by molar-refractivity contribution is -0.0876. The largest absolute Gasteiger partial charge is 0.347 e. The molecule has 1 aliphatic carbocycles. The van der Waals surface area contributed by atoms with Gasteiger partial charge in [-0.15, -0.1) is 23.2 Å². The van der Waals surface area contributed by atoms with E-state index in [1.807, 2.05) is 24.3 Å². The van der Waals surface area contributed by atoms with Crippen molar-refractivity contribution in [3.63, 3.8) is 0 Å². The number of urea groups is 1. The van der Waals surface area contributed by atoms with Crippen molar-refractivity contribution < 1.29 is 19.1 Å². The van der Waals surface area contributed by atoms with Gasteiger partial charge in [0.25, 0.3) is 0 Å². The lowest BCUT2D eigenvalue weighted by Crippen LogP contribution is -2.52. The molecule has 1 heterocycles. The number of halogens is 2. The minimum atomic E-state index is -3.50. The normalized spacial score (nSPS) is 21.8. The summed E-state index contributed by atoms with van der Waals surface area (Å²) in [5.74, 6) is 0.476. The number of anilines is 1. The van der Waals surface area contributed by atoms with E-state index >= 15 is 0 Å². The van der Waals surface area contributed by atoms with E-state index in [9.17, 15) is 14.6 Å². The second-order valence-electron chi connectivity index (χ2n) is 7.60. The third-order valence-corrected chi connectivity index (χ3v) is 8.22. The van der Waals surface area contributed by atoms with Crippen molar-refractivity contribution in [1.29, 1.82) is 0 Å². The highest BCUT2D eigenvalue weighted by Crippen LogP contribution is 2.49. The SMILES string of the molecule is O=C(Nc1ccc2c(c1)Cc1ccccc1-2)N(O)C1CCOP(=O)(N(CCCl)CCCl)N1. The summed E-state index contributed by atoms with van der Waals surface area (Å²) < 4.78 is 20.2. The van der Waals surface area contributed by atoms with Gasteiger partial charge in [0.15, 0.2) is 0 Å². The summed E-state index contributed by atoms with van der Waals surface area (Å²) in [4.78, 5) is 12.7. The molecule has 8 nitrogen and oxygen atoms in total. The van der Waals surface area contributed by atoms with Gasteiger partial charge in [0.2, 0.25) is 0 Å². The van der Waals surface area contributed by atoms with E-state index in [0.717, 1.165) is 17.5 Å². The molecule has 172 valence electrons. The third-order valence-electron chi connectivity index (χ3n) is 5.58. The van der Waals surface area contributed by atoms with Crippen molar-refractivity contribution in [2.24, 2.45) is 0 Å². The van der Waals surface area contributed by atoms with Crippen LogP contribution in [0.15, 0.2) is 42.5 Å². The highest BCUT2D eigenvalue weighted by molar-refractivity contribution is 7.54. The number of benzene rings is 2. The van der Waals surface area contributed by atoms with Crippen molar-refractivity contribution in [1.82, 2.24) is 14.8 Å². The molecular formula is C21H25Cl2N4O4P. The van der Waals surface area contributed by atoms with E-state index in [0.29, 0.717) is 23.8 Å². The number of hydrogen-bond donors (Lipinski definition) is 3. The number of carbonyl (C=O) groups excluding carboxylic acids is 1. The van der Waals surface area contributed by atoms with Gasteiger partial charge in [-0.1, -0.05) is 30.3 Å². The fourth-order valence-electron chi connectivity index (χ4n) is 4.03. The van der Waals surface area contributed by atoms with Crippen LogP contribution >= 0.6 is 30.9 Å². The Hall–Kier alpha value is -1.64. The second kappa shape index (κ2) is 10.1. The molecule has 0 bridgehead atoms. The number of hydrogen-bond acceptors (Lipinski definition) is 4. The summed E-state index contributed by atoms with van der Waals surface area (Å²) in [5, 5.41) is 16.5. The van der Waals surface area contributed by atoms with Crippen LogP contribution in [0.25, 0.3) is 11.1 Å². The molecule has 32 heavy (non-hydrogen) atoms. The van der Waals surface area contributed by atoms with E-state index in [4.69, 9.17) is 27.7 Å². The van der Waals surface area contributed by atoms with E-state index in [1.54, 1.807) is 6.07 Å². The zero-order valence-corrected chi connectivity index (χ0v) is 19.7. The van der Waals surface area contributed by atoms with Gasteiger partial charge in [-0.25, -0.2) is 14.6 Å². The van der Waals surface area contributed by atoms with Gasteiger partial charge in [0.1, 0.15) is 6.17 Å². The van der Waals surface area contributed by atoms with Crippen LogP contribution in [0.3, 0.4) is 0 Å². The first-order valence-electron chi connectivity index (χ1n) is 10.3. The Kier molecular flexibility index (Phi) is 7.42. The van der Waals surface area contributed by atoms with Crippen LogP contribution in [0.1, 0.15) is 17.5 Å². The molecule has 1 fully saturated rings. The topological polar surface area (TPSA) is 94.1 Å². The first kappa shape index (κ1) is 23.5. The molecule has 1 saturated heterocycles. The van der Waals surface area contributed by atoms with Crippen LogP contribution in [0.4, 0.5) is 10.5 Å². The number of alkyl halides is 2. The zero-order chi connectivity index (χ0) is 22.7. The van der Waals surface area contributed by atoms with Crippen molar-refractivity contribution in [2.45, 2.75) is 19.0 Å². The van der Waals surface area contributed by atoms with E-state index in [1.165, 1.54) is 15.8 Å². The predicted molar refractivity (Wildman–Crippen MR) is 125 cm³/mol. The molecule has 11 heteroatoms. The minimum absolute atomic E-state index is 0.109. The van der Waals surface area contributed by atoms with Crippen LogP contribution in [0, 0.1) is 0 Å². The number of fused-ring (bicyclic) bond motifs is 3. The van der Waals surface area contributed by atoms with E-state index < -0.39 is 19.9 Å². The maximum absolute atomic E-state index is 13.3. The quantitative estimate of drug-likeness (QED) is 0.189. The summed E-state index contributed by atoms with van der Waals surface area (Å²) >= 11 is 11.6. The highest BCUT2D eigenvalue weighted by Gasteiger charge is 2.40. The van der Waals surface area contributed by atoms with E-state index in [2.05, 4.69) is 22.5 Å². The van der Waals surface area contributed by atoms with Gasteiger partial charge in [-0.3, -0.25) is 9.77 Å². The Bertz CT molecular complexity index is 1030. The fourth-order valence-corrected chi connectivity index (χ4v) is 6.77. The molecule has 0 spiro atoms. The number of carbonyl (C=O) groups is 1. The maximum atomic E-state index is 13.3. The smallest absolute Gasteiger partial charge is 0.306 e. The minimum Gasteiger partial charge on any atom is -0.306 e. The Labute approximate surface area is 196 Å². The molecule has 4 rings (SSSR count). The molecule has 3 N–H and O–H groups in total. The van der Waals surface area contributed by atoms with Crippen LogP contribution in [-0.2, 0) is 15.5 Å². The lowest BCUT2D eigenvalue weighted by atomic mass is 10.1. The van der Waals surface area contributed by atoms with Gasteiger partial charge < -0.3 is 9.84 Å². The summed E-state index contributed by atoms with van der Waals surface area (Å²) in [6.45, 7) is 0.693. The average Bonchev–Trinajstić information content (AvgIpc) is 3.16. The number of amides is 2. The molecule has 2 atom stereocenters. The van der Waals surface area contributed by atoms with Crippen LogP contribution < -0.4 is 10.4 Å². The van der Waals surface area contributed by atoms with Gasteiger partial charge in [0, 0.05) is 37.0 Å². The molecule has 0 saturated carbocycles. The maximum Gasteiger partial charge on any atom is 0.347 e. The monoisotopic (exact) mass is 498 g/mol. The van der Waals surface area contributed by atoms with Crippen molar-refractivity contribution in [3.05, 3.63) is 53.6 Å². The van der Waals surface area contributed by atoms with Crippen molar-refractivity contribution in [3.8, 4) is 11.1 Å². The molecule has 2 aromatic rings. The second-order valence-corrected chi connectivity index (χ2v) is 10.5. The Morgan fingerprint density at radius 2 is 1.88 bits per heavy atom. The molecule has 2 amide bonds. The molecule has 2 aromatic carbocycles. The number of nitrogens with zero attached hydrogens (tertiary/aromatic N) is 2. The van der Waals surface area contributed by atoms with Crippen LogP contribution in [0.2, 0.25) is 0 Å². The number of hydroxylamine groups is 2. The number of rotatable bonds is 7. The molecule has 0 aromatic heterocycles. The molecule has 2 aliphatic rings. The lowest BCUT2D eigenvalue weighted by Gasteiger charge is -2.39. The predicted octanol–water partition coefficient (Wildman–Crippen LogP) is 4.70.